The van der Waals surface area contributed by atoms with Gasteiger partial charge in [-0.1, -0.05) is 277 Å². The lowest BCUT2D eigenvalue weighted by Crippen LogP contribution is -1.99. The molecule has 0 fully saturated rings. The minimum atomic E-state index is -0.392. The van der Waals surface area contributed by atoms with Crippen molar-refractivity contribution in [3.8, 4) is 84.8 Å². The third-order valence-electron chi connectivity index (χ3n) is 15.1. The van der Waals surface area contributed by atoms with E-state index in [0.29, 0.717) is 88.2 Å². The summed E-state index contributed by atoms with van der Waals surface area (Å²) >= 11 is 17.8. The molecule has 0 saturated heterocycles. The molecule has 6 heterocycles. The van der Waals surface area contributed by atoms with Gasteiger partial charge in [-0.15, -0.1) is 0 Å². The maximum Gasteiger partial charge on any atom is 0.280 e. The molecule has 12 aromatic rings. The van der Waals surface area contributed by atoms with Crippen molar-refractivity contribution in [1.29, 1.82) is 0 Å². The van der Waals surface area contributed by atoms with Gasteiger partial charge in [-0.2, -0.15) is 0 Å². The van der Waals surface area contributed by atoms with E-state index in [1.165, 1.54) is 0 Å². The number of amides is 3. The van der Waals surface area contributed by atoms with Gasteiger partial charge in [-0.3, -0.25) is 14.4 Å². The Kier molecular flexibility index (Phi) is 20.6. The first kappa shape index (κ1) is 65.1. The number of H-pyrrole nitrogens is 3. The third-order valence-corrected chi connectivity index (χ3v) is 15.9. The van der Waals surface area contributed by atoms with E-state index in [0.717, 1.165) is 61.2 Å². The Hall–Kier alpha value is -10.9. The number of aromatic hydroxyl groups is 3. The number of fused-ring (bicyclic) bond motifs is 3. The predicted molar refractivity (Wildman–Crippen MR) is 378 cm³/mol. The lowest BCUT2D eigenvalue weighted by molar-refractivity contribution is 0.0998. The molecule has 9 aromatic carbocycles. The Morgan fingerprint density at radius 1 is 0.247 bits per heavy atom. The molecular weight excluding hydrogens is 1220 g/mol. The highest BCUT2D eigenvalue weighted by molar-refractivity contribution is 6.34. The molecule has 0 radical (unpaired) electrons. The zero-order valence-electron chi connectivity index (χ0n) is 51.6. The molecule has 12 nitrogen and oxygen atoms in total. The van der Waals surface area contributed by atoms with Gasteiger partial charge in [0, 0.05) is 31.8 Å². The minimum Gasteiger partial charge on any atom is -0.494 e. The topological polar surface area (TPSA) is 196 Å². The van der Waals surface area contributed by atoms with E-state index in [4.69, 9.17) is 34.8 Å². The van der Waals surface area contributed by atoms with E-state index >= 15 is 0 Å². The summed E-state index contributed by atoms with van der Waals surface area (Å²) in [6.07, 6.45) is 0. The molecule has 0 unspecified atom stereocenters. The molecule has 462 valence electrons. The average Bonchev–Trinajstić information content (AvgIpc) is 1.64. The number of aromatic nitrogens is 3. The van der Waals surface area contributed by atoms with Crippen molar-refractivity contribution in [1.82, 2.24) is 15.0 Å². The fourth-order valence-corrected chi connectivity index (χ4v) is 11.3. The molecule has 93 heavy (non-hydrogen) atoms. The van der Waals surface area contributed by atoms with E-state index in [1.807, 2.05) is 181 Å². The van der Waals surface area contributed by atoms with Gasteiger partial charge in [0.2, 0.25) is 0 Å². The smallest absolute Gasteiger partial charge is 0.280 e. The number of hydrogen-bond acceptors (Lipinski definition) is 6. The van der Waals surface area contributed by atoms with Crippen molar-refractivity contribution in [2.24, 2.45) is 15.0 Å². The number of nitrogens with one attached hydrogen (secondary N) is 3. The SMILES string of the molecule is CC.CC.CC.O=C1N=C(c2ccc(-c3ccccc3)cc2)c2c(O)[nH]c(-c3ccc(-c4ccccc4)cc3)c21.O=C1N=C(c2ccc(Cl)cc2)c2c(O)[nH]c(-c3ccc(-c4ccccc4)cc3)c21.O=C1N=C(c2ccc(Cl)cc2)c2c(O)[nH]c(-c3ccc(Cl)cc3)c21. The molecule has 3 aliphatic heterocycles. The van der Waals surface area contributed by atoms with E-state index in [2.05, 4.69) is 54.2 Å². The lowest BCUT2D eigenvalue weighted by atomic mass is 9.97. The maximum atomic E-state index is 12.9. The fourth-order valence-electron chi connectivity index (χ4n) is 10.9. The van der Waals surface area contributed by atoms with E-state index < -0.39 is 5.91 Å². The molecule has 0 saturated carbocycles. The van der Waals surface area contributed by atoms with Crippen molar-refractivity contribution < 1.29 is 29.7 Å². The van der Waals surface area contributed by atoms with Crippen molar-refractivity contribution in [3.63, 3.8) is 0 Å². The second-order valence-corrected chi connectivity index (χ2v) is 21.8. The van der Waals surface area contributed by atoms with Crippen LogP contribution in [0.15, 0.2) is 252 Å². The largest absolute Gasteiger partial charge is 0.494 e. The zero-order chi connectivity index (χ0) is 65.9. The fraction of sp³-hybridized carbons (Fsp3) is 0.0769. The summed E-state index contributed by atoms with van der Waals surface area (Å²) in [6.45, 7) is 12.0. The molecule has 3 aromatic heterocycles. The molecule has 0 bridgehead atoms. The quantitative estimate of drug-likeness (QED) is 0.0831. The first-order valence-corrected chi connectivity index (χ1v) is 31.5. The minimum absolute atomic E-state index is 0.0473. The number of hydrogen-bond donors (Lipinski definition) is 6. The first-order chi connectivity index (χ1) is 45.3. The highest BCUT2D eigenvalue weighted by Gasteiger charge is 2.36. The van der Waals surface area contributed by atoms with Crippen molar-refractivity contribution >= 4 is 69.7 Å². The second kappa shape index (κ2) is 29.4. The number of carbonyl (C=O) groups is 3. The van der Waals surface area contributed by atoms with Crippen molar-refractivity contribution in [2.45, 2.75) is 41.5 Å². The molecule has 3 aliphatic rings. The third kappa shape index (κ3) is 13.6. The molecule has 0 spiro atoms. The summed E-state index contributed by atoms with van der Waals surface area (Å²) < 4.78 is 0. The van der Waals surface area contributed by atoms with Gasteiger partial charge in [0.15, 0.2) is 17.6 Å². The predicted octanol–water partition coefficient (Wildman–Crippen LogP) is 20.2. The standard InChI is InChI=1S/C30H20N2O2.C24H15ClN2O2.C18H10Cl2N2O2.3C2H6/c33-29-25-26(28(32-29)24-17-13-22(14-18-24)20-9-5-2-6-10-20)30(34)31-27(25)23-15-11-21(12-16-23)19-7-3-1-4-8-19;25-18-12-10-17(11-13-18)22-20-19(23(28)27-22)21(26-24(20)29)16-8-6-15(7-9-16)14-4-2-1-3-5-14;19-11-5-1-9(2-6-11)15-13-14(18(24)21-15)16(22-17(13)23)10-3-7-12(20)8-4-10;3*1-2/h1-18,31,34H;1-13,26,29H;1-8,21,24H;3*1-2H3. The summed E-state index contributed by atoms with van der Waals surface area (Å²) in [6, 6.07) is 74.9. The highest BCUT2D eigenvalue weighted by atomic mass is 35.5. The maximum absolute atomic E-state index is 12.9. The van der Waals surface area contributed by atoms with Gasteiger partial charge in [-0.25, -0.2) is 15.0 Å². The van der Waals surface area contributed by atoms with Crippen LogP contribution in [0.4, 0.5) is 0 Å². The number of aromatic amines is 3. The summed E-state index contributed by atoms with van der Waals surface area (Å²) in [5, 5.41) is 33.4. The monoisotopic (exact) mass is 1280 g/mol. The van der Waals surface area contributed by atoms with Gasteiger partial charge in [-0.05, 0) is 86.5 Å². The highest BCUT2D eigenvalue weighted by Crippen LogP contribution is 2.42. The van der Waals surface area contributed by atoms with E-state index in [1.54, 1.807) is 72.8 Å². The van der Waals surface area contributed by atoms with Crippen LogP contribution >= 0.6 is 34.8 Å². The Bertz CT molecular complexity index is 4730. The molecular formula is C78H63Cl3N6O6. The van der Waals surface area contributed by atoms with Gasteiger partial charge in [0.05, 0.1) is 67.6 Å². The summed E-state index contributed by atoms with van der Waals surface area (Å²) in [5.41, 5.74) is 16.7. The van der Waals surface area contributed by atoms with Crippen molar-refractivity contribution in [2.75, 3.05) is 0 Å². The van der Waals surface area contributed by atoms with E-state index in [9.17, 15) is 29.7 Å². The molecule has 3 amide bonds. The molecule has 6 N–H and O–H groups in total. The average molecular weight is 1290 g/mol. The van der Waals surface area contributed by atoms with Crippen LogP contribution in [0.3, 0.4) is 0 Å². The van der Waals surface area contributed by atoms with Gasteiger partial charge in [0.1, 0.15) is 0 Å². The molecule has 0 atom stereocenters. The van der Waals surface area contributed by atoms with Gasteiger partial charge in [0.25, 0.3) is 17.7 Å². The van der Waals surface area contributed by atoms with Crippen LogP contribution in [0.25, 0.3) is 67.2 Å². The molecule has 15 rings (SSSR count). The van der Waals surface area contributed by atoms with Crippen LogP contribution in [-0.4, -0.2) is 65.1 Å². The number of nitrogens with zero attached hydrogens (tertiary/aromatic N) is 3. The summed E-state index contributed by atoms with van der Waals surface area (Å²) in [4.78, 5) is 59.4. The van der Waals surface area contributed by atoms with Crippen LogP contribution in [0, 0.1) is 0 Å². The van der Waals surface area contributed by atoms with Crippen molar-refractivity contribution in [3.05, 3.63) is 302 Å². The van der Waals surface area contributed by atoms with Crippen LogP contribution < -0.4 is 0 Å². The number of carbonyl (C=O) groups excluding carboxylic acids is 3. The number of rotatable bonds is 9. The molecule has 0 aliphatic carbocycles. The van der Waals surface area contributed by atoms with Crippen LogP contribution in [0.1, 0.15) is 106 Å². The number of benzene rings is 9. The van der Waals surface area contributed by atoms with Gasteiger partial charge >= 0.3 is 0 Å². The van der Waals surface area contributed by atoms with Crippen LogP contribution in [0.5, 0.6) is 17.6 Å². The van der Waals surface area contributed by atoms with Gasteiger partial charge < -0.3 is 30.3 Å². The number of aliphatic imine (C=N–C) groups is 3. The number of halogens is 3. The van der Waals surface area contributed by atoms with E-state index in [-0.39, 0.29) is 29.5 Å². The summed E-state index contributed by atoms with van der Waals surface area (Å²) in [7, 11) is 0. The lowest BCUT2D eigenvalue weighted by Gasteiger charge is -2.05. The van der Waals surface area contributed by atoms with Crippen LogP contribution in [-0.2, 0) is 0 Å². The Balaban J connectivity index is 0.000000148. The normalized spacial score (nSPS) is 12.1. The Morgan fingerprint density at radius 3 is 0.667 bits per heavy atom. The Labute approximate surface area is 554 Å². The summed E-state index contributed by atoms with van der Waals surface area (Å²) in [5.74, 6) is -1.32. The zero-order valence-corrected chi connectivity index (χ0v) is 53.8. The van der Waals surface area contributed by atoms with Crippen LogP contribution in [0.2, 0.25) is 15.1 Å². The second-order valence-electron chi connectivity index (χ2n) is 20.4. The first-order valence-electron chi connectivity index (χ1n) is 30.4. The Morgan fingerprint density at radius 2 is 0.430 bits per heavy atom. The molecule has 15 heteroatoms.